The van der Waals surface area contributed by atoms with Crippen LogP contribution in [0, 0.1) is 0 Å². The van der Waals surface area contributed by atoms with E-state index in [-0.39, 0.29) is 11.1 Å². The molecule has 0 amide bonds. The van der Waals surface area contributed by atoms with Gasteiger partial charge in [-0.3, -0.25) is 4.68 Å². The maximum absolute atomic E-state index is 6.48. The zero-order chi connectivity index (χ0) is 11.8. The first-order valence-electron chi connectivity index (χ1n) is 6.26. The van der Waals surface area contributed by atoms with Crippen molar-refractivity contribution in [2.24, 2.45) is 5.73 Å². The van der Waals surface area contributed by atoms with Gasteiger partial charge in [-0.05, 0) is 33.6 Å². The van der Waals surface area contributed by atoms with Crippen LogP contribution in [0.1, 0.15) is 58.4 Å². The zero-order valence-corrected chi connectivity index (χ0v) is 10.7. The van der Waals surface area contributed by atoms with Gasteiger partial charge >= 0.3 is 0 Å². The summed E-state index contributed by atoms with van der Waals surface area (Å²) in [5.74, 6) is 0. The average molecular weight is 221 g/mol. The molecule has 2 rings (SSSR count). The van der Waals surface area contributed by atoms with E-state index in [4.69, 9.17) is 5.73 Å². The molecule has 1 aliphatic rings. The molecular formula is C13H23N3. The van der Waals surface area contributed by atoms with Gasteiger partial charge in [0, 0.05) is 17.3 Å². The minimum Gasteiger partial charge on any atom is -0.321 e. The van der Waals surface area contributed by atoms with E-state index in [2.05, 4.69) is 32.1 Å². The quantitative estimate of drug-likeness (QED) is 0.792. The second kappa shape index (κ2) is 3.88. The van der Waals surface area contributed by atoms with E-state index in [1.165, 1.54) is 24.8 Å². The molecule has 1 aliphatic carbocycles. The molecular weight excluding hydrogens is 198 g/mol. The van der Waals surface area contributed by atoms with Gasteiger partial charge in [-0.2, -0.15) is 5.10 Å². The van der Waals surface area contributed by atoms with Crippen molar-refractivity contribution < 1.29 is 0 Å². The molecule has 1 aromatic heterocycles. The Bertz CT molecular complexity index is 353. The fourth-order valence-electron chi connectivity index (χ4n) is 2.42. The third-order valence-electron chi connectivity index (χ3n) is 3.59. The maximum atomic E-state index is 6.48. The zero-order valence-electron chi connectivity index (χ0n) is 10.7. The van der Waals surface area contributed by atoms with Crippen LogP contribution in [-0.4, -0.2) is 9.78 Å². The molecule has 2 N–H and O–H groups in total. The summed E-state index contributed by atoms with van der Waals surface area (Å²) in [7, 11) is 0. The average Bonchev–Trinajstić information content (AvgIpc) is 2.67. The molecule has 0 unspecified atom stereocenters. The minimum absolute atomic E-state index is 0.0449. The highest BCUT2D eigenvalue weighted by molar-refractivity contribution is 5.18. The van der Waals surface area contributed by atoms with E-state index >= 15 is 0 Å². The van der Waals surface area contributed by atoms with E-state index in [1.807, 2.05) is 10.9 Å². The molecule has 0 saturated heterocycles. The van der Waals surface area contributed by atoms with E-state index in [0.29, 0.717) is 0 Å². The van der Waals surface area contributed by atoms with Crippen molar-refractivity contribution >= 4 is 0 Å². The molecule has 1 saturated carbocycles. The lowest BCUT2D eigenvalue weighted by molar-refractivity contribution is 0.300. The summed E-state index contributed by atoms with van der Waals surface area (Å²) in [4.78, 5) is 0. The Kier molecular flexibility index (Phi) is 2.82. The van der Waals surface area contributed by atoms with Crippen molar-refractivity contribution in [1.29, 1.82) is 0 Å². The van der Waals surface area contributed by atoms with E-state index in [0.717, 1.165) is 12.8 Å². The van der Waals surface area contributed by atoms with Crippen LogP contribution < -0.4 is 5.73 Å². The molecule has 90 valence electrons. The second-order valence-electron chi connectivity index (χ2n) is 6.06. The predicted molar refractivity (Wildman–Crippen MR) is 66.2 cm³/mol. The molecule has 0 aromatic carbocycles. The van der Waals surface area contributed by atoms with Gasteiger partial charge in [-0.1, -0.05) is 19.3 Å². The van der Waals surface area contributed by atoms with Crippen LogP contribution in [0.5, 0.6) is 0 Å². The first kappa shape index (κ1) is 11.6. The van der Waals surface area contributed by atoms with E-state index in [1.54, 1.807) is 0 Å². The summed E-state index contributed by atoms with van der Waals surface area (Å²) in [5.41, 5.74) is 7.62. The third-order valence-corrected chi connectivity index (χ3v) is 3.59. The van der Waals surface area contributed by atoms with Crippen molar-refractivity contribution in [2.75, 3.05) is 0 Å². The fraction of sp³-hybridized carbons (Fsp3) is 0.769. The SMILES string of the molecule is CC(C)(C)n1cc(C2(N)CCCCC2)cn1. The van der Waals surface area contributed by atoms with E-state index in [9.17, 15) is 0 Å². The van der Waals surface area contributed by atoms with Crippen LogP contribution in [0.25, 0.3) is 0 Å². The van der Waals surface area contributed by atoms with E-state index < -0.39 is 0 Å². The smallest absolute Gasteiger partial charge is 0.0543 e. The molecule has 16 heavy (non-hydrogen) atoms. The summed E-state index contributed by atoms with van der Waals surface area (Å²) in [6.07, 6.45) is 10.1. The van der Waals surface area contributed by atoms with Crippen molar-refractivity contribution in [1.82, 2.24) is 9.78 Å². The molecule has 1 heterocycles. The Morgan fingerprint density at radius 1 is 1.25 bits per heavy atom. The van der Waals surface area contributed by atoms with Crippen LogP contribution in [-0.2, 0) is 11.1 Å². The van der Waals surface area contributed by atoms with Gasteiger partial charge in [0.05, 0.1) is 11.7 Å². The molecule has 3 heteroatoms. The summed E-state index contributed by atoms with van der Waals surface area (Å²) >= 11 is 0. The number of rotatable bonds is 1. The fourth-order valence-corrected chi connectivity index (χ4v) is 2.42. The molecule has 3 nitrogen and oxygen atoms in total. The maximum Gasteiger partial charge on any atom is 0.0543 e. The van der Waals surface area contributed by atoms with Crippen molar-refractivity contribution in [3.05, 3.63) is 18.0 Å². The van der Waals surface area contributed by atoms with Gasteiger partial charge in [0.25, 0.3) is 0 Å². The van der Waals surface area contributed by atoms with Crippen molar-refractivity contribution in [3.8, 4) is 0 Å². The molecule has 1 fully saturated rings. The van der Waals surface area contributed by atoms with Gasteiger partial charge in [-0.25, -0.2) is 0 Å². The van der Waals surface area contributed by atoms with Crippen LogP contribution in [0.2, 0.25) is 0 Å². The summed E-state index contributed by atoms with van der Waals surface area (Å²) < 4.78 is 2.02. The Morgan fingerprint density at radius 3 is 2.38 bits per heavy atom. The lowest BCUT2D eigenvalue weighted by Gasteiger charge is -2.32. The van der Waals surface area contributed by atoms with Crippen molar-refractivity contribution in [2.45, 2.75) is 64.0 Å². The molecule has 0 atom stereocenters. The predicted octanol–water partition coefficient (Wildman–Crippen LogP) is 2.76. The van der Waals surface area contributed by atoms with Gasteiger partial charge in [0.1, 0.15) is 0 Å². The number of aromatic nitrogens is 2. The largest absolute Gasteiger partial charge is 0.321 e. The lowest BCUT2D eigenvalue weighted by Crippen LogP contribution is -2.38. The van der Waals surface area contributed by atoms with Gasteiger partial charge in [0.2, 0.25) is 0 Å². The van der Waals surface area contributed by atoms with Gasteiger partial charge < -0.3 is 5.73 Å². The summed E-state index contributed by atoms with van der Waals surface area (Å²) in [6.45, 7) is 6.48. The first-order chi connectivity index (χ1) is 7.42. The highest BCUT2D eigenvalue weighted by Crippen LogP contribution is 2.34. The Morgan fingerprint density at radius 2 is 1.88 bits per heavy atom. The summed E-state index contributed by atoms with van der Waals surface area (Å²) in [5, 5.41) is 4.44. The third kappa shape index (κ3) is 2.14. The van der Waals surface area contributed by atoms with Crippen LogP contribution >= 0.6 is 0 Å². The molecule has 0 spiro atoms. The normalized spacial score (nSPS) is 21.0. The number of nitrogens with zero attached hydrogens (tertiary/aromatic N) is 2. The second-order valence-corrected chi connectivity index (χ2v) is 6.06. The van der Waals surface area contributed by atoms with Crippen LogP contribution in [0.15, 0.2) is 12.4 Å². The monoisotopic (exact) mass is 221 g/mol. The summed E-state index contributed by atoms with van der Waals surface area (Å²) in [6, 6.07) is 0. The highest BCUT2D eigenvalue weighted by Gasteiger charge is 2.31. The molecule has 0 bridgehead atoms. The van der Waals surface area contributed by atoms with Gasteiger partial charge in [0.15, 0.2) is 0 Å². The van der Waals surface area contributed by atoms with Crippen molar-refractivity contribution in [3.63, 3.8) is 0 Å². The number of nitrogens with two attached hydrogens (primary N) is 1. The Hall–Kier alpha value is -0.830. The van der Waals surface area contributed by atoms with Crippen LogP contribution in [0.3, 0.4) is 0 Å². The molecule has 0 aliphatic heterocycles. The number of hydrogen-bond donors (Lipinski definition) is 1. The Labute approximate surface area is 98.0 Å². The Balaban J connectivity index is 2.24. The molecule has 1 aromatic rings. The standard InChI is InChI=1S/C13H23N3/c1-12(2,3)16-10-11(9-15-16)13(14)7-5-4-6-8-13/h9-10H,4-8,14H2,1-3H3. The number of hydrogen-bond acceptors (Lipinski definition) is 2. The highest BCUT2D eigenvalue weighted by atomic mass is 15.3. The van der Waals surface area contributed by atoms with Gasteiger partial charge in [-0.15, -0.1) is 0 Å². The first-order valence-corrected chi connectivity index (χ1v) is 6.26. The topological polar surface area (TPSA) is 43.8 Å². The lowest BCUT2D eigenvalue weighted by atomic mass is 9.79. The van der Waals surface area contributed by atoms with Crippen LogP contribution in [0.4, 0.5) is 0 Å². The molecule has 0 radical (unpaired) electrons. The minimum atomic E-state index is -0.123.